The average molecular weight is 175 g/mol. The molecule has 0 saturated carbocycles. The van der Waals surface area contributed by atoms with Gasteiger partial charge in [-0.1, -0.05) is 13.8 Å². The molecule has 0 radical (unpaired) electrons. The maximum atomic E-state index is 9.46. The maximum Gasteiger partial charge on any atom is 0.132 e. The standard InChI is InChI=1S/C11H13NO/c1-8(2)10-6-9(13)7-12-5-3-4-11(10)12/h3-8,13H,1-2H3. The van der Waals surface area contributed by atoms with Crippen molar-refractivity contribution >= 4 is 5.52 Å². The Kier molecular flexibility index (Phi) is 1.76. The smallest absolute Gasteiger partial charge is 0.132 e. The summed E-state index contributed by atoms with van der Waals surface area (Å²) in [6.45, 7) is 4.25. The predicted molar refractivity (Wildman–Crippen MR) is 53.2 cm³/mol. The summed E-state index contributed by atoms with van der Waals surface area (Å²) in [5, 5.41) is 9.46. The van der Waals surface area contributed by atoms with Gasteiger partial charge < -0.3 is 9.51 Å². The third kappa shape index (κ3) is 1.28. The van der Waals surface area contributed by atoms with Crippen molar-refractivity contribution in [3.8, 4) is 5.75 Å². The highest BCUT2D eigenvalue weighted by atomic mass is 16.3. The van der Waals surface area contributed by atoms with Gasteiger partial charge in [0.05, 0.1) is 6.20 Å². The van der Waals surface area contributed by atoms with Gasteiger partial charge in [0.2, 0.25) is 0 Å². The lowest BCUT2D eigenvalue weighted by molar-refractivity contribution is 0.470. The Balaban J connectivity index is 2.77. The first-order valence-corrected chi connectivity index (χ1v) is 4.48. The monoisotopic (exact) mass is 175 g/mol. The van der Waals surface area contributed by atoms with Gasteiger partial charge in [0.15, 0.2) is 0 Å². The highest BCUT2D eigenvalue weighted by Crippen LogP contribution is 2.24. The SMILES string of the molecule is CC(C)c1cc(O)cn2cccc12. The molecule has 1 N–H and O–H groups in total. The van der Waals surface area contributed by atoms with E-state index < -0.39 is 0 Å². The topological polar surface area (TPSA) is 24.6 Å². The summed E-state index contributed by atoms with van der Waals surface area (Å²) >= 11 is 0. The first kappa shape index (κ1) is 8.17. The molecule has 0 spiro atoms. The quantitative estimate of drug-likeness (QED) is 0.708. The summed E-state index contributed by atoms with van der Waals surface area (Å²) < 4.78 is 1.95. The molecule has 2 heterocycles. The molecule has 0 aromatic carbocycles. The van der Waals surface area contributed by atoms with E-state index in [1.54, 1.807) is 6.20 Å². The van der Waals surface area contributed by atoms with Crippen LogP contribution in [0.5, 0.6) is 5.75 Å². The molecule has 0 aliphatic rings. The van der Waals surface area contributed by atoms with Crippen LogP contribution in [0.15, 0.2) is 30.6 Å². The van der Waals surface area contributed by atoms with E-state index in [9.17, 15) is 5.11 Å². The number of aromatic hydroxyl groups is 1. The van der Waals surface area contributed by atoms with Crippen LogP contribution in [0.2, 0.25) is 0 Å². The minimum absolute atomic E-state index is 0.326. The fourth-order valence-corrected chi connectivity index (χ4v) is 1.63. The van der Waals surface area contributed by atoms with Gasteiger partial charge in [0, 0.05) is 11.7 Å². The van der Waals surface area contributed by atoms with Crippen molar-refractivity contribution in [1.82, 2.24) is 4.40 Å². The van der Waals surface area contributed by atoms with E-state index in [0.717, 1.165) is 0 Å². The summed E-state index contributed by atoms with van der Waals surface area (Å²) in [6, 6.07) is 5.88. The number of hydrogen-bond donors (Lipinski definition) is 1. The van der Waals surface area contributed by atoms with E-state index in [2.05, 4.69) is 19.9 Å². The molecule has 2 aromatic rings. The summed E-state index contributed by atoms with van der Waals surface area (Å²) in [6.07, 6.45) is 3.67. The molecule has 0 saturated heterocycles. The van der Waals surface area contributed by atoms with E-state index in [-0.39, 0.29) is 0 Å². The fraction of sp³-hybridized carbons (Fsp3) is 0.273. The largest absolute Gasteiger partial charge is 0.506 e. The van der Waals surface area contributed by atoms with Crippen molar-refractivity contribution < 1.29 is 5.11 Å². The van der Waals surface area contributed by atoms with E-state index in [0.29, 0.717) is 11.7 Å². The lowest BCUT2D eigenvalue weighted by Gasteiger charge is -2.08. The Morgan fingerprint density at radius 3 is 2.85 bits per heavy atom. The van der Waals surface area contributed by atoms with Crippen LogP contribution < -0.4 is 0 Å². The Bertz CT molecular complexity index is 429. The second kappa shape index (κ2) is 2.80. The number of aromatic nitrogens is 1. The number of hydrogen-bond acceptors (Lipinski definition) is 1. The Morgan fingerprint density at radius 1 is 1.38 bits per heavy atom. The lowest BCUT2D eigenvalue weighted by atomic mass is 10.0. The molecule has 2 rings (SSSR count). The van der Waals surface area contributed by atoms with Gasteiger partial charge in [0.25, 0.3) is 0 Å². The second-order valence-corrected chi connectivity index (χ2v) is 3.61. The van der Waals surface area contributed by atoms with Crippen molar-refractivity contribution in [2.45, 2.75) is 19.8 Å². The fourth-order valence-electron chi connectivity index (χ4n) is 1.63. The molecular weight excluding hydrogens is 162 g/mol. The third-order valence-electron chi connectivity index (χ3n) is 2.27. The van der Waals surface area contributed by atoms with Gasteiger partial charge in [-0.05, 0) is 29.7 Å². The molecule has 13 heavy (non-hydrogen) atoms. The van der Waals surface area contributed by atoms with Gasteiger partial charge >= 0.3 is 0 Å². The van der Waals surface area contributed by atoms with Crippen molar-refractivity contribution in [3.63, 3.8) is 0 Å². The zero-order valence-corrected chi connectivity index (χ0v) is 7.86. The van der Waals surface area contributed by atoms with Gasteiger partial charge in [-0.15, -0.1) is 0 Å². The van der Waals surface area contributed by atoms with Gasteiger partial charge in [0.1, 0.15) is 5.75 Å². The first-order valence-electron chi connectivity index (χ1n) is 4.48. The summed E-state index contributed by atoms with van der Waals surface area (Å²) in [5.41, 5.74) is 2.36. The van der Waals surface area contributed by atoms with Gasteiger partial charge in [-0.2, -0.15) is 0 Å². The van der Waals surface area contributed by atoms with E-state index in [1.165, 1.54) is 11.1 Å². The highest BCUT2D eigenvalue weighted by molar-refractivity contribution is 5.58. The van der Waals surface area contributed by atoms with Crippen molar-refractivity contribution in [2.24, 2.45) is 0 Å². The van der Waals surface area contributed by atoms with Crippen LogP contribution in [0.25, 0.3) is 5.52 Å². The molecule has 0 bridgehead atoms. The molecular formula is C11H13NO. The molecule has 0 amide bonds. The van der Waals surface area contributed by atoms with Crippen molar-refractivity contribution in [2.75, 3.05) is 0 Å². The molecule has 2 nitrogen and oxygen atoms in total. The average Bonchev–Trinajstić information content (AvgIpc) is 2.49. The molecule has 0 fully saturated rings. The second-order valence-electron chi connectivity index (χ2n) is 3.61. The zero-order valence-electron chi connectivity index (χ0n) is 7.86. The zero-order chi connectivity index (χ0) is 9.42. The van der Waals surface area contributed by atoms with E-state index in [1.807, 2.05) is 22.7 Å². The Labute approximate surface area is 77.4 Å². The number of pyridine rings is 1. The maximum absolute atomic E-state index is 9.46. The molecule has 0 unspecified atom stereocenters. The molecule has 0 aliphatic heterocycles. The summed E-state index contributed by atoms with van der Waals surface area (Å²) in [5.74, 6) is 0.761. The lowest BCUT2D eigenvalue weighted by Crippen LogP contribution is -1.92. The van der Waals surface area contributed by atoms with Crippen LogP contribution >= 0.6 is 0 Å². The van der Waals surface area contributed by atoms with E-state index >= 15 is 0 Å². The molecule has 0 atom stereocenters. The van der Waals surface area contributed by atoms with E-state index in [4.69, 9.17) is 0 Å². The summed E-state index contributed by atoms with van der Waals surface area (Å²) in [7, 11) is 0. The molecule has 0 aliphatic carbocycles. The van der Waals surface area contributed by atoms with Crippen LogP contribution in [-0.2, 0) is 0 Å². The Morgan fingerprint density at radius 2 is 2.15 bits per heavy atom. The highest BCUT2D eigenvalue weighted by Gasteiger charge is 2.06. The minimum atomic E-state index is 0.326. The number of rotatable bonds is 1. The molecule has 2 heteroatoms. The van der Waals surface area contributed by atoms with Crippen LogP contribution in [0, 0.1) is 0 Å². The van der Waals surface area contributed by atoms with Crippen LogP contribution in [0.1, 0.15) is 25.3 Å². The first-order chi connectivity index (χ1) is 6.18. The Hall–Kier alpha value is -1.44. The van der Waals surface area contributed by atoms with Crippen LogP contribution in [-0.4, -0.2) is 9.51 Å². The van der Waals surface area contributed by atoms with Crippen LogP contribution in [0.4, 0.5) is 0 Å². The molecule has 2 aromatic heterocycles. The number of nitrogens with zero attached hydrogens (tertiary/aromatic N) is 1. The summed E-state index contributed by atoms with van der Waals surface area (Å²) in [4.78, 5) is 0. The van der Waals surface area contributed by atoms with Crippen molar-refractivity contribution in [3.05, 3.63) is 36.2 Å². The predicted octanol–water partition coefficient (Wildman–Crippen LogP) is 2.77. The molecule has 68 valence electrons. The number of fused-ring (bicyclic) bond motifs is 1. The third-order valence-corrected chi connectivity index (χ3v) is 2.27. The van der Waals surface area contributed by atoms with Gasteiger partial charge in [-0.25, -0.2) is 0 Å². The normalized spacial score (nSPS) is 11.3. The van der Waals surface area contributed by atoms with Gasteiger partial charge in [-0.3, -0.25) is 0 Å². The van der Waals surface area contributed by atoms with Crippen molar-refractivity contribution in [1.29, 1.82) is 0 Å². The van der Waals surface area contributed by atoms with Crippen LogP contribution in [0.3, 0.4) is 0 Å². The minimum Gasteiger partial charge on any atom is -0.506 e.